The normalized spacial score (nSPS) is 21.1. The van der Waals surface area contributed by atoms with Crippen molar-refractivity contribution in [1.82, 2.24) is 15.5 Å². The van der Waals surface area contributed by atoms with Crippen LogP contribution in [-0.2, 0) is 4.79 Å². The Morgan fingerprint density at radius 3 is 2.71 bits per heavy atom. The summed E-state index contributed by atoms with van der Waals surface area (Å²) in [6.45, 7) is 2.20. The molecule has 2 amide bonds. The molecule has 1 saturated heterocycles. The van der Waals surface area contributed by atoms with Gasteiger partial charge < -0.3 is 10.6 Å². The van der Waals surface area contributed by atoms with Crippen LogP contribution >= 0.6 is 11.3 Å². The molecule has 2 heterocycles. The van der Waals surface area contributed by atoms with Crippen LogP contribution in [0.4, 0.5) is 0 Å². The number of carbonyl (C=O) groups is 2. The van der Waals surface area contributed by atoms with Crippen LogP contribution in [0.25, 0.3) is 10.1 Å². The monoisotopic (exact) mass is 399 g/mol. The Morgan fingerprint density at radius 1 is 1.14 bits per heavy atom. The zero-order chi connectivity index (χ0) is 19.5. The van der Waals surface area contributed by atoms with E-state index in [9.17, 15) is 9.59 Å². The van der Waals surface area contributed by atoms with Crippen LogP contribution in [0.2, 0.25) is 0 Å². The molecule has 1 aliphatic heterocycles. The first-order valence-electron chi connectivity index (χ1n) is 10.4. The summed E-state index contributed by atoms with van der Waals surface area (Å²) in [6.07, 6.45) is 6.97. The fourth-order valence-corrected chi connectivity index (χ4v) is 5.92. The predicted octanol–water partition coefficient (Wildman–Crippen LogP) is 3.50. The number of likely N-dealkylation sites (tertiary alicyclic amines) is 1. The van der Waals surface area contributed by atoms with Gasteiger partial charge in [0.15, 0.2) is 0 Å². The Balaban J connectivity index is 1.45. The van der Waals surface area contributed by atoms with Crippen molar-refractivity contribution in [3.05, 3.63) is 34.7 Å². The Hall–Kier alpha value is -1.92. The molecule has 5 nitrogen and oxygen atoms in total. The third kappa shape index (κ3) is 4.08. The minimum Gasteiger partial charge on any atom is -0.354 e. The summed E-state index contributed by atoms with van der Waals surface area (Å²) in [5, 5.41) is 7.19. The number of thiophene rings is 1. The van der Waals surface area contributed by atoms with Crippen molar-refractivity contribution in [3.63, 3.8) is 0 Å². The molecule has 6 heteroatoms. The molecule has 2 fully saturated rings. The van der Waals surface area contributed by atoms with E-state index >= 15 is 0 Å². The summed E-state index contributed by atoms with van der Waals surface area (Å²) in [5.74, 6) is 0.435. The first-order chi connectivity index (χ1) is 13.7. The number of nitrogens with one attached hydrogen (secondary N) is 2. The maximum absolute atomic E-state index is 12.5. The SMILES string of the molecule is CNC(=O)c1sc2ccccc2c1[C@@H]1CCN(CC(=O)NC2CCCCC2)C1. The number of amides is 2. The maximum Gasteiger partial charge on any atom is 0.261 e. The molecule has 2 aromatic rings. The first-order valence-corrected chi connectivity index (χ1v) is 11.2. The Morgan fingerprint density at radius 2 is 1.93 bits per heavy atom. The van der Waals surface area contributed by atoms with Crippen LogP contribution in [0.3, 0.4) is 0 Å². The third-order valence-corrected chi connectivity index (χ3v) is 7.27. The van der Waals surface area contributed by atoms with Gasteiger partial charge in [0.2, 0.25) is 5.91 Å². The minimum atomic E-state index is -0.00954. The lowest BCUT2D eigenvalue weighted by molar-refractivity contribution is -0.122. The predicted molar refractivity (Wildman–Crippen MR) is 114 cm³/mol. The van der Waals surface area contributed by atoms with E-state index in [2.05, 4.69) is 27.7 Å². The molecule has 0 spiro atoms. The second-order valence-corrected chi connectivity index (χ2v) is 9.10. The van der Waals surface area contributed by atoms with Gasteiger partial charge in [0.05, 0.1) is 11.4 Å². The molecule has 2 aliphatic rings. The molecule has 0 unspecified atom stereocenters. The van der Waals surface area contributed by atoms with Crippen LogP contribution in [-0.4, -0.2) is 49.4 Å². The highest BCUT2D eigenvalue weighted by Crippen LogP contribution is 2.40. The van der Waals surface area contributed by atoms with E-state index in [1.54, 1.807) is 18.4 Å². The number of nitrogens with zero attached hydrogens (tertiary/aromatic N) is 1. The number of benzene rings is 1. The van der Waals surface area contributed by atoms with E-state index in [1.165, 1.54) is 24.6 Å². The van der Waals surface area contributed by atoms with Gasteiger partial charge in [-0.15, -0.1) is 11.3 Å². The molecule has 150 valence electrons. The van der Waals surface area contributed by atoms with Gasteiger partial charge in [-0.1, -0.05) is 37.5 Å². The zero-order valence-corrected chi connectivity index (χ0v) is 17.3. The van der Waals surface area contributed by atoms with Crippen LogP contribution in [0.5, 0.6) is 0 Å². The average molecular weight is 400 g/mol. The molecule has 1 saturated carbocycles. The van der Waals surface area contributed by atoms with Gasteiger partial charge in [-0.05, 0) is 42.8 Å². The fraction of sp³-hybridized carbons (Fsp3) is 0.545. The highest BCUT2D eigenvalue weighted by molar-refractivity contribution is 7.21. The van der Waals surface area contributed by atoms with Crippen LogP contribution in [0.15, 0.2) is 24.3 Å². The number of carbonyl (C=O) groups excluding carboxylic acids is 2. The van der Waals surface area contributed by atoms with Gasteiger partial charge in [-0.2, -0.15) is 0 Å². The molecule has 1 atom stereocenters. The second-order valence-electron chi connectivity index (χ2n) is 8.04. The lowest BCUT2D eigenvalue weighted by atomic mass is 9.95. The molecule has 1 aromatic heterocycles. The lowest BCUT2D eigenvalue weighted by Crippen LogP contribution is -2.42. The second kappa shape index (κ2) is 8.62. The highest BCUT2D eigenvalue weighted by atomic mass is 32.1. The number of fused-ring (bicyclic) bond motifs is 1. The van der Waals surface area contributed by atoms with Crippen molar-refractivity contribution >= 4 is 33.2 Å². The molecule has 4 rings (SSSR count). The summed E-state index contributed by atoms with van der Waals surface area (Å²) in [4.78, 5) is 28.0. The number of rotatable bonds is 5. The standard InChI is InChI=1S/C22H29N3O2S/c1-23-22(27)21-20(17-9-5-6-10-18(17)28-21)15-11-12-25(13-15)14-19(26)24-16-7-3-2-4-8-16/h5-6,9-10,15-16H,2-4,7-8,11-14H2,1H3,(H,23,27)(H,24,26)/t15-/m1/s1. The van der Waals surface area contributed by atoms with Gasteiger partial charge in [-0.25, -0.2) is 0 Å². The van der Waals surface area contributed by atoms with Crippen LogP contribution in [0, 0.1) is 0 Å². The highest BCUT2D eigenvalue weighted by Gasteiger charge is 2.31. The fourth-order valence-electron chi connectivity index (χ4n) is 4.69. The molecular formula is C22H29N3O2S. The molecule has 0 bridgehead atoms. The largest absolute Gasteiger partial charge is 0.354 e. The van der Waals surface area contributed by atoms with E-state index in [0.717, 1.165) is 47.5 Å². The van der Waals surface area contributed by atoms with Gasteiger partial charge in [0.1, 0.15) is 0 Å². The topological polar surface area (TPSA) is 61.4 Å². The first kappa shape index (κ1) is 19.4. The van der Waals surface area contributed by atoms with Gasteiger partial charge in [0, 0.05) is 30.3 Å². The quantitative estimate of drug-likeness (QED) is 0.809. The molecular weight excluding hydrogens is 370 g/mol. The van der Waals surface area contributed by atoms with Gasteiger partial charge >= 0.3 is 0 Å². The van der Waals surface area contributed by atoms with Crippen molar-refractivity contribution in [2.45, 2.75) is 50.5 Å². The van der Waals surface area contributed by atoms with Gasteiger partial charge in [-0.3, -0.25) is 14.5 Å². The van der Waals surface area contributed by atoms with Crippen molar-refractivity contribution in [2.24, 2.45) is 0 Å². The Labute approximate surface area is 170 Å². The van der Waals surface area contributed by atoms with Crippen LogP contribution < -0.4 is 10.6 Å². The van der Waals surface area contributed by atoms with E-state index in [-0.39, 0.29) is 11.8 Å². The summed E-state index contributed by atoms with van der Waals surface area (Å²) >= 11 is 1.57. The molecule has 1 aliphatic carbocycles. The van der Waals surface area contributed by atoms with Crippen molar-refractivity contribution in [3.8, 4) is 0 Å². The van der Waals surface area contributed by atoms with Crippen molar-refractivity contribution in [2.75, 3.05) is 26.7 Å². The van der Waals surface area contributed by atoms with Crippen LogP contribution in [0.1, 0.15) is 59.7 Å². The lowest BCUT2D eigenvalue weighted by Gasteiger charge is -2.24. The molecule has 0 radical (unpaired) electrons. The molecule has 1 aromatic carbocycles. The van der Waals surface area contributed by atoms with E-state index in [1.807, 2.05) is 12.1 Å². The average Bonchev–Trinajstić information content (AvgIpc) is 3.32. The summed E-state index contributed by atoms with van der Waals surface area (Å²) in [7, 11) is 1.69. The number of hydrogen-bond donors (Lipinski definition) is 2. The number of hydrogen-bond acceptors (Lipinski definition) is 4. The van der Waals surface area contributed by atoms with E-state index < -0.39 is 0 Å². The summed E-state index contributed by atoms with van der Waals surface area (Å²) < 4.78 is 1.16. The van der Waals surface area contributed by atoms with E-state index in [0.29, 0.717) is 18.5 Å². The third-order valence-electron chi connectivity index (χ3n) is 6.09. The molecule has 2 N–H and O–H groups in total. The van der Waals surface area contributed by atoms with Crippen molar-refractivity contribution < 1.29 is 9.59 Å². The summed E-state index contributed by atoms with van der Waals surface area (Å²) in [6, 6.07) is 8.62. The minimum absolute atomic E-state index is 0.00954. The zero-order valence-electron chi connectivity index (χ0n) is 16.5. The summed E-state index contributed by atoms with van der Waals surface area (Å²) in [5.41, 5.74) is 1.16. The maximum atomic E-state index is 12.5. The molecule has 28 heavy (non-hydrogen) atoms. The van der Waals surface area contributed by atoms with Crippen molar-refractivity contribution in [1.29, 1.82) is 0 Å². The Bertz CT molecular complexity index is 857. The smallest absolute Gasteiger partial charge is 0.261 e. The van der Waals surface area contributed by atoms with E-state index in [4.69, 9.17) is 0 Å². The Kier molecular flexibility index (Phi) is 5.97. The van der Waals surface area contributed by atoms with Gasteiger partial charge in [0.25, 0.3) is 5.91 Å².